The maximum Gasteiger partial charge on any atom is 0.164 e. The van der Waals surface area contributed by atoms with Gasteiger partial charge in [0.15, 0.2) is 3.77 Å². The first-order valence-electron chi connectivity index (χ1n) is 4.90. The molecule has 0 aromatic carbocycles. The topological polar surface area (TPSA) is 34.4 Å². The molecule has 1 fully saturated rings. The van der Waals surface area contributed by atoms with Crippen molar-refractivity contribution in [3.63, 3.8) is 0 Å². The Balaban J connectivity index is 1.76. The van der Waals surface area contributed by atoms with Gasteiger partial charge in [0.1, 0.15) is 5.76 Å². The Morgan fingerprint density at radius 3 is 2.79 bits per heavy atom. The molecule has 3 nitrogen and oxygen atoms in total. The molecule has 1 saturated heterocycles. The second-order valence-corrected chi connectivity index (χ2v) is 4.54. The normalized spacial score (nSPS) is 18.6. The van der Waals surface area contributed by atoms with Gasteiger partial charge in [-0.25, -0.2) is 0 Å². The third-order valence-electron chi connectivity index (χ3n) is 2.42. The average molecular weight is 307 g/mol. The molecule has 4 heteroatoms. The molecule has 0 atom stereocenters. The minimum absolute atomic E-state index is 0.589. The minimum Gasteiger partial charge on any atom is -0.454 e. The second-order valence-electron chi connectivity index (χ2n) is 3.47. The van der Waals surface area contributed by atoms with Gasteiger partial charge in [0.05, 0.1) is 6.54 Å². The van der Waals surface area contributed by atoms with E-state index in [2.05, 4.69) is 27.9 Å². The van der Waals surface area contributed by atoms with Crippen LogP contribution >= 0.6 is 22.6 Å². The van der Waals surface area contributed by atoms with Gasteiger partial charge in [-0.05, 0) is 47.6 Å². The highest BCUT2D eigenvalue weighted by atomic mass is 127. The third-order valence-corrected chi connectivity index (χ3v) is 2.99. The number of furan rings is 1. The van der Waals surface area contributed by atoms with Crippen LogP contribution in [-0.2, 0) is 11.3 Å². The molecule has 0 saturated carbocycles. The number of ether oxygens (including phenoxy) is 1. The van der Waals surface area contributed by atoms with Gasteiger partial charge in [0.25, 0.3) is 0 Å². The van der Waals surface area contributed by atoms with Crippen LogP contribution in [0.25, 0.3) is 0 Å². The summed E-state index contributed by atoms with van der Waals surface area (Å²) in [6.45, 7) is 2.59. The molecule has 1 N–H and O–H groups in total. The van der Waals surface area contributed by atoms with E-state index in [-0.39, 0.29) is 0 Å². The summed E-state index contributed by atoms with van der Waals surface area (Å²) in [6.07, 6.45) is 2.22. The fourth-order valence-corrected chi connectivity index (χ4v) is 2.06. The Labute approximate surface area is 97.3 Å². The number of nitrogens with one attached hydrogen (secondary N) is 1. The lowest BCUT2D eigenvalue weighted by molar-refractivity contribution is 0.0771. The molecule has 0 amide bonds. The standard InChI is InChI=1S/C10H14INO2/c11-10-2-1-9(14-10)7-12-8-3-5-13-6-4-8/h1-2,8,12H,3-7H2. The molecular formula is C10H14INO2. The maximum atomic E-state index is 5.47. The van der Waals surface area contributed by atoms with Crippen molar-refractivity contribution in [2.75, 3.05) is 13.2 Å². The SMILES string of the molecule is Ic1ccc(CNC2CCOCC2)o1. The van der Waals surface area contributed by atoms with Gasteiger partial charge < -0.3 is 14.5 Å². The van der Waals surface area contributed by atoms with E-state index >= 15 is 0 Å². The van der Waals surface area contributed by atoms with Crippen LogP contribution in [0.5, 0.6) is 0 Å². The van der Waals surface area contributed by atoms with E-state index < -0.39 is 0 Å². The summed E-state index contributed by atoms with van der Waals surface area (Å²) < 4.78 is 11.7. The fourth-order valence-electron chi connectivity index (χ4n) is 1.59. The molecule has 0 aliphatic carbocycles. The fraction of sp³-hybridized carbons (Fsp3) is 0.600. The van der Waals surface area contributed by atoms with Gasteiger partial charge in [-0.2, -0.15) is 0 Å². The number of rotatable bonds is 3. The Bertz CT molecular complexity index is 281. The lowest BCUT2D eigenvalue weighted by Crippen LogP contribution is -2.34. The van der Waals surface area contributed by atoms with Crippen LogP contribution in [0.2, 0.25) is 0 Å². The Hall–Kier alpha value is -0.0700. The van der Waals surface area contributed by atoms with E-state index in [0.717, 1.165) is 42.1 Å². The highest BCUT2D eigenvalue weighted by molar-refractivity contribution is 14.1. The molecule has 14 heavy (non-hydrogen) atoms. The molecule has 78 valence electrons. The summed E-state index contributed by atoms with van der Waals surface area (Å²) in [4.78, 5) is 0. The van der Waals surface area contributed by atoms with Crippen LogP contribution in [0.1, 0.15) is 18.6 Å². The van der Waals surface area contributed by atoms with Gasteiger partial charge in [-0.15, -0.1) is 0 Å². The summed E-state index contributed by atoms with van der Waals surface area (Å²) in [5.74, 6) is 1.01. The molecule has 1 aliphatic heterocycles. The van der Waals surface area contributed by atoms with Gasteiger partial charge >= 0.3 is 0 Å². The number of hydrogen-bond acceptors (Lipinski definition) is 3. The first kappa shape index (κ1) is 10.4. The summed E-state index contributed by atoms with van der Waals surface area (Å²) in [6, 6.07) is 4.60. The van der Waals surface area contributed by atoms with Crippen molar-refractivity contribution in [3.05, 3.63) is 21.7 Å². The summed E-state index contributed by atoms with van der Waals surface area (Å²) >= 11 is 2.18. The van der Waals surface area contributed by atoms with E-state index in [1.165, 1.54) is 0 Å². The predicted molar refractivity (Wildman–Crippen MR) is 62.1 cm³/mol. The zero-order valence-electron chi connectivity index (χ0n) is 7.96. The quantitative estimate of drug-likeness (QED) is 0.869. The molecule has 0 unspecified atom stereocenters. The lowest BCUT2D eigenvalue weighted by Gasteiger charge is -2.22. The Morgan fingerprint density at radius 2 is 2.14 bits per heavy atom. The van der Waals surface area contributed by atoms with Crippen LogP contribution in [0, 0.1) is 3.77 Å². The average Bonchev–Trinajstić information content (AvgIpc) is 2.63. The van der Waals surface area contributed by atoms with Gasteiger partial charge in [-0.1, -0.05) is 0 Å². The van der Waals surface area contributed by atoms with Crippen molar-refractivity contribution in [2.45, 2.75) is 25.4 Å². The van der Waals surface area contributed by atoms with E-state index in [1.54, 1.807) is 0 Å². The molecule has 0 bridgehead atoms. The zero-order valence-corrected chi connectivity index (χ0v) is 10.1. The molecule has 0 spiro atoms. The maximum absolute atomic E-state index is 5.47. The molecule has 0 radical (unpaired) electrons. The first-order chi connectivity index (χ1) is 6.84. The lowest BCUT2D eigenvalue weighted by atomic mass is 10.1. The summed E-state index contributed by atoms with van der Waals surface area (Å²) in [5.41, 5.74) is 0. The van der Waals surface area contributed by atoms with Crippen LogP contribution in [0.3, 0.4) is 0 Å². The monoisotopic (exact) mass is 307 g/mol. The smallest absolute Gasteiger partial charge is 0.164 e. The molecule has 2 heterocycles. The van der Waals surface area contributed by atoms with Crippen LogP contribution in [0.15, 0.2) is 16.5 Å². The van der Waals surface area contributed by atoms with Crippen molar-refractivity contribution < 1.29 is 9.15 Å². The van der Waals surface area contributed by atoms with Gasteiger partial charge in [0.2, 0.25) is 0 Å². The highest BCUT2D eigenvalue weighted by Crippen LogP contribution is 2.11. The number of hydrogen-bond donors (Lipinski definition) is 1. The van der Waals surface area contributed by atoms with Gasteiger partial charge in [-0.3, -0.25) is 0 Å². The molecule has 2 rings (SSSR count). The van der Waals surface area contributed by atoms with E-state index in [9.17, 15) is 0 Å². The highest BCUT2D eigenvalue weighted by Gasteiger charge is 2.13. The van der Waals surface area contributed by atoms with E-state index in [4.69, 9.17) is 9.15 Å². The van der Waals surface area contributed by atoms with Gasteiger partial charge in [0, 0.05) is 19.3 Å². The van der Waals surface area contributed by atoms with E-state index in [0.29, 0.717) is 6.04 Å². The molecule has 1 aromatic rings. The zero-order chi connectivity index (χ0) is 9.80. The largest absolute Gasteiger partial charge is 0.454 e. The summed E-state index contributed by atoms with van der Waals surface area (Å²) in [5, 5.41) is 3.47. The van der Waals surface area contributed by atoms with Crippen LogP contribution in [0.4, 0.5) is 0 Å². The Kier molecular flexibility index (Phi) is 3.83. The Morgan fingerprint density at radius 1 is 1.36 bits per heavy atom. The molecular weight excluding hydrogens is 293 g/mol. The molecule has 1 aliphatic rings. The summed E-state index contributed by atoms with van der Waals surface area (Å²) in [7, 11) is 0. The van der Waals surface area contributed by atoms with Crippen molar-refractivity contribution in [1.82, 2.24) is 5.32 Å². The van der Waals surface area contributed by atoms with Crippen molar-refractivity contribution in [2.24, 2.45) is 0 Å². The van der Waals surface area contributed by atoms with Crippen molar-refractivity contribution >= 4 is 22.6 Å². The van der Waals surface area contributed by atoms with E-state index in [1.807, 2.05) is 12.1 Å². The van der Waals surface area contributed by atoms with Crippen LogP contribution in [-0.4, -0.2) is 19.3 Å². The first-order valence-corrected chi connectivity index (χ1v) is 5.98. The number of halogens is 1. The van der Waals surface area contributed by atoms with Crippen LogP contribution < -0.4 is 5.32 Å². The minimum atomic E-state index is 0.589. The van der Waals surface area contributed by atoms with Crippen molar-refractivity contribution in [3.8, 4) is 0 Å². The molecule has 1 aromatic heterocycles. The predicted octanol–water partition coefficient (Wildman–Crippen LogP) is 2.15. The third kappa shape index (κ3) is 2.96. The van der Waals surface area contributed by atoms with Crippen molar-refractivity contribution in [1.29, 1.82) is 0 Å². The second kappa shape index (κ2) is 5.14.